The first-order chi connectivity index (χ1) is 7.24. The van der Waals surface area contributed by atoms with E-state index in [0.717, 1.165) is 0 Å². The fourth-order valence-corrected chi connectivity index (χ4v) is 1.77. The third-order valence-electron chi connectivity index (χ3n) is 1.93. The number of hydrogen-bond acceptors (Lipinski definition) is 3. The molecule has 0 aliphatic carbocycles. The summed E-state index contributed by atoms with van der Waals surface area (Å²) in [5.41, 5.74) is 0.784. The van der Waals surface area contributed by atoms with Crippen LogP contribution in [0.25, 0.3) is 11.0 Å². The highest BCUT2D eigenvalue weighted by Gasteiger charge is 2.10. The lowest BCUT2D eigenvalue weighted by atomic mass is 10.4. The number of fused-ring (bicyclic) bond motifs is 1. The monoisotopic (exact) mass is 266 g/mol. The van der Waals surface area contributed by atoms with Crippen LogP contribution in [-0.4, -0.2) is 19.7 Å². The first-order valence-electron chi connectivity index (χ1n) is 4.23. The van der Waals surface area contributed by atoms with Gasteiger partial charge in [-0.3, -0.25) is 4.79 Å². The third kappa shape index (κ3) is 1.66. The van der Waals surface area contributed by atoms with Crippen LogP contribution in [0.5, 0.6) is 0 Å². The highest BCUT2D eigenvalue weighted by atomic mass is 79.9. The van der Waals surface area contributed by atoms with Crippen LogP contribution in [0.4, 0.5) is 0 Å². The minimum absolute atomic E-state index is 0.261. The van der Waals surface area contributed by atoms with Gasteiger partial charge in [0.05, 0.1) is 12.7 Å². The first-order valence-corrected chi connectivity index (χ1v) is 5.02. The van der Waals surface area contributed by atoms with E-state index < -0.39 is 0 Å². The SMILES string of the molecule is CC#CCn1c(Br)nc2cn[nH]c(=O)c21. The molecule has 0 radical (unpaired) electrons. The molecule has 2 aromatic rings. The van der Waals surface area contributed by atoms with Gasteiger partial charge in [0.1, 0.15) is 11.0 Å². The molecule has 2 rings (SSSR count). The van der Waals surface area contributed by atoms with Gasteiger partial charge in [-0.05, 0) is 22.9 Å². The second-order valence-corrected chi connectivity index (χ2v) is 3.54. The topological polar surface area (TPSA) is 63.6 Å². The van der Waals surface area contributed by atoms with Gasteiger partial charge in [0.15, 0.2) is 4.73 Å². The Morgan fingerprint density at radius 1 is 1.67 bits per heavy atom. The van der Waals surface area contributed by atoms with Crippen molar-refractivity contribution in [2.75, 3.05) is 0 Å². The molecule has 2 heterocycles. The molecule has 0 spiro atoms. The van der Waals surface area contributed by atoms with E-state index in [1.54, 1.807) is 11.5 Å². The van der Waals surface area contributed by atoms with Crippen molar-refractivity contribution in [2.24, 2.45) is 0 Å². The maximum atomic E-state index is 11.5. The molecule has 6 heteroatoms. The molecular formula is C9H7BrN4O. The number of imidazole rings is 1. The second kappa shape index (κ2) is 3.87. The van der Waals surface area contributed by atoms with Crippen LogP contribution in [0, 0.1) is 11.8 Å². The number of H-pyrrole nitrogens is 1. The van der Waals surface area contributed by atoms with E-state index in [4.69, 9.17) is 0 Å². The molecular weight excluding hydrogens is 260 g/mol. The lowest BCUT2D eigenvalue weighted by molar-refractivity contribution is 0.833. The number of rotatable bonds is 1. The Hall–Kier alpha value is -1.61. The van der Waals surface area contributed by atoms with E-state index >= 15 is 0 Å². The van der Waals surface area contributed by atoms with E-state index in [2.05, 4.69) is 43.0 Å². The molecule has 15 heavy (non-hydrogen) atoms. The predicted molar refractivity (Wildman–Crippen MR) is 59.3 cm³/mol. The van der Waals surface area contributed by atoms with Crippen LogP contribution in [0.15, 0.2) is 15.7 Å². The molecule has 0 unspecified atom stereocenters. The zero-order chi connectivity index (χ0) is 10.8. The summed E-state index contributed by atoms with van der Waals surface area (Å²) in [7, 11) is 0. The summed E-state index contributed by atoms with van der Waals surface area (Å²) in [5.74, 6) is 5.65. The van der Waals surface area contributed by atoms with Crippen molar-refractivity contribution in [3.05, 3.63) is 21.3 Å². The van der Waals surface area contributed by atoms with Crippen LogP contribution in [-0.2, 0) is 6.54 Å². The van der Waals surface area contributed by atoms with Crippen molar-refractivity contribution in [2.45, 2.75) is 13.5 Å². The molecule has 2 aromatic heterocycles. The molecule has 76 valence electrons. The van der Waals surface area contributed by atoms with Crippen LogP contribution in [0.1, 0.15) is 6.92 Å². The number of hydrogen-bond donors (Lipinski definition) is 1. The normalized spacial score (nSPS) is 10.0. The molecule has 0 atom stereocenters. The van der Waals surface area contributed by atoms with Crippen molar-refractivity contribution in [3.8, 4) is 11.8 Å². The van der Waals surface area contributed by atoms with Crippen molar-refractivity contribution in [1.29, 1.82) is 0 Å². The molecule has 1 N–H and O–H groups in total. The van der Waals surface area contributed by atoms with Crippen molar-refractivity contribution in [3.63, 3.8) is 0 Å². The Labute approximate surface area is 93.6 Å². The molecule has 0 bridgehead atoms. The van der Waals surface area contributed by atoms with E-state index in [-0.39, 0.29) is 5.56 Å². The quantitative estimate of drug-likeness (QED) is 0.781. The van der Waals surface area contributed by atoms with Gasteiger partial charge in [0, 0.05) is 0 Å². The maximum Gasteiger partial charge on any atom is 0.290 e. The summed E-state index contributed by atoms with van der Waals surface area (Å²) < 4.78 is 2.28. The molecule has 0 saturated heterocycles. The Bertz CT molecular complexity index is 616. The van der Waals surface area contributed by atoms with E-state index in [1.165, 1.54) is 6.20 Å². The minimum atomic E-state index is -0.261. The minimum Gasteiger partial charge on any atom is -0.302 e. The fourth-order valence-electron chi connectivity index (χ4n) is 1.28. The Morgan fingerprint density at radius 2 is 2.47 bits per heavy atom. The van der Waals surface area contributed by atoms with Gasteiger partial charge in [0.2, 0.25) is 0 Å². The number of nitrogens with one attached hydrogen (secondary N) is 1. The van der Waals surface area contributed by atoms with E-state index in [9.17, 15) is 4.79 Å². The summed E-state index contributed by atoms with van der Waals surface area (Å²) in [5, 5.41) is 6.05. The zero-order valence-electron chi connectivity index (χ0n) is 7.91. The summed E-state index contributed by atoms with van der Waals surface area (Å²) in [6, 6.07) is 0. The molecule has 0 fully saturated rings. The Morgan fingerprint density at radius 3 is 3.20 bits per heavy atom. The summed E-state index contributed by atoms with van der Waals surface area (Å²) in [4.78, 5) is 15.7. The van der Waals surface area contributed by atoms with Gasteiger partial charge in [-0.2, -0.15) is 5.10 Å². The molecule has 0 aliphatic heterocycles. The van der Waals surface area contributed by atoms with Crippen LogP contribution in [0.3, 0.4) is 0 Å². The highest BCUT2D eigenvalue weighted by molar-refractivity contribution is 9.10. The Balaban J connectivity index is 2.74. The van der Waals surface area contributed by atoms with E-state index in [1.807, 2.05) is 0 Å². The van der Waals surface area contributed by atoms with E-state index in [0.29, 0.717) is 22.3 Å². The second-order valence-electron chi connectivity index (χ2n) is 2.83. The predicted octanol–water partition coefficient (Wildman–Crippen LogP) is 0.905. The van der Waals surface area contributed by atoms with Gasteiger partial charge in [-0.1, -0.05) is 5.92 Å². The Kier molecular flexibility index (Phi) is 2.56. The number of halogens is 1. The van der Waals surface area contributed by atoms with Crippen molar-refractivity contribution < 1.29 is 0 Å². The largest absolute Gasteiger partial charge is 0.302 e. The lowest BCUT2D eigenvalue weighted by Crippen LogP contribution is -2.12. The molecule has 0 amide bonds. The smallest absolute Gasteiger partial charge is 0.290 e. The maximum absolute atomic E-state index is 11.5. The van der Waals surface area contributed by atoms with Crippen LogP contribution in [0.2, 0.25) is 0 Å². The molecule has 0 saturated carbocycles. The number of aromatic amines is 1. The molecule has 0 aliphatic rings. The average molecular weight is 267 g/mol. The van der Waals surface area contributed by atoms with Gasteiger partial charge in [-0.15, -0.1) is 5.92 Å². The standard InChI is InChI=1S/C9H7BrN4O/c1-2-3-4-14-7-6(12-9(14)10)5-11-13-8(7)15/h5H,4H2,1H3,(H,13,15). The zero-order valence-corrected chi connectivity index (χ0v) is 9.50. The van der Waals surface area contributed by atoms with Crippen LogP contribution < -0.4 is 5.56 Å². The number of nitrogens with zero attached hydrogens (tertiary/aromatic N) is 3. The van der Waals surface area contributed by atoms with Gasteiger partial charge in [0.25, 0.3) is 5.56 Å². The lowest BCUT2D eigenvalue weighted by Gasteiger charge is -1.97. The van der Waals surface area contributed by atoms with Crippen LogP contribution >= 0.6 is 15.9 Å². The summed E-state index contributed by atoms with van der Waals surface area (Å²) >= 11 is 3.28. The fraction of sp³-hybridized carbons (Fsp3) is 0.222. The van der Waals surface area contributed by atoms with Gasteiger partial charge < -0.3 is 4.57 Å². The van der Waals surface area contributed by atoms with Crippen molar-refractivity contribution >= 4 is 27.0 Å². The summed E-state index contributed by atoms with van der Waals surface area (Å²) in [6.45, 7) is 2.18. The molecule has 0 aromatic carbocycles. The first kappa shape index (κ1) is 9.93. The van der Waals surface area contributed by atoms with Gasteiger partial charge >= 0.3 is 0 Å². The summed E-state index contributed by atoms with van der Waals surface area (Å²) in [6.07, 6.45) is 1.51. The highest BCUT2D eigenvalue weighted by Crippen LogP contribution is 2.15. The average Bonchev–Trinajstić information content (AvgIpc) is 2.53. The molecule has 5 nitrogen and oxygen atoms in total. The van der Waals surface area contributed by atoms with Crippen molar-refractivity contribution in [1.82, 2.24) is 19.7 Å². The number of aromatic nitrogens is 4. The van der Waals surface area contributed by atoms with Gasteiger partial charge in [-0.25, -0.2) is 10.1 Å². The third-order valence-corrected chi connectivity index (χ3v) is 2.54.